The van der Waals surface area contributed by atoms with E-state index in [4.69, 9.17) is 0 Å². The zero-order valence-corrected chi connectivity index (χ0v) is 9.42. The summed E-state index contributed by atoms with van der Waals surface area (Å²) >= 11 is 0. The molecule has 0 fully saturated rings. The summed E-state index contributed by atoms with van der Waals surface area (Å²) in [6.07, 6.45) is -4.37. The number of para-hydroxylation sites is 1. The van der Waals surface area contributed by atoms with Crippen LogP contribution in [-0.4, -0.2) is 9.78 Å². The molecule has 0 aliphatic rings. The molecule has 0 atom stereocenters. The van der Waals surface area contributed by atoms with Crippen molar-refractivity contribution in [3.63, 3.8) is 0 Å². The first kappa shape index (κ1) is 11.7. The SMILES string of the molecule is Cc1cc(C)n(-c2ccccc2C(F)(F)F)n1. The second-order valence-corrected chi connectivity index (χ2v) is 3.85. The van der Waals surface area contributed by atoms with Crippen LogP contribution < -0.4 is 0 Å². The number of nitrogens with zero attached hydrogens (tertiary/aromatic N) is 2. The van der Waals surface area contributed by atoms with Gasteiger partial charge in [0.05, 0.1) is 16.9 Å². The second kappa shape index (κ2) is 3.91. The Morgan fingerprint density at radius 2 is 1.76 bits per heavy atom. The number of halogens is 3. The van der Waals surface area contributed by atoms with Crippen molar-refractivity contribution in [2.75, 3.05) is 0 Å². The van der Waals surface area contributed by atoms with Gasteiger partial charge in [0.2, 0.25) is 0 Å². The lowest BCUT2D eigenvalue weighted by molar-refractivity contribution is -0.137. The summed E-state index contributed by atoms with van der Waals surface area (Å²) in [5.74, 6) is 0. The van der Waals surface area contributed by atoms with Crippen LogP contribution in [0, 0.1) is 13.8 Å². The largest absolute Gasteiger partial charge is 0.418 e. The first-order chi connectivity index (χ1) is 7.89. The molecule has 2 rings (SSSR count). The predicted molar refractivity (Wildman–Crippen MR) is 58.0 cm³/mol. The molecule has 1 heterocycles. The Hall–Kier alpha value is -1.78. The number of alkyl halides is 3. The third-order valence-corrected chi connectivity index (χ3v) is 2.45. The molecule has 5 heteroatoms. The Morgan fingerprint density at radius 1 is 1.12 bits per heavy atom. The molecule has 0 aliphatic heterocycles. The zero-order chi connectivity index (χ0) is 12.6. The van der Waals surface area contributed by atoms with E-state index in [0.717, 1.165) is 6.07 Å². The van der Waals surface area contributed by atoms with Crippen LogP contribution in [0.3, 0.4) is 0 Å². The summed E-state index contributed by atoms with van der Waals surface area (Å²) in [5, 5.41) is 4.07. The van der Waals surface area contributed by atoms with E-state index in [2.05, 4.69) is 5.10 Å². The third kappa shape index (κ3) is 2.18. The normalized spacial score (nSPS) is 11.8. The maximum Gasteiger partial charge on any atom is 0.418 e. The smallest absolute Gasteiger partial charge is 0.237 e. The number of benzene rings is 1. The van der Waals surface area contributed by atoms with E-state index < -0.39 is 11.7 Å². The van der Waals surface area contributed by atoms with Crippen molar-refractivity contribution in [2.24, 2.45) is 0 Å². The first-order valence-corrected chi connectivity index (χ1v) is 5.09. The van der Waals surface area contributed by atoms with Crippen LogP contribution in [-0.2, 0) is 6.18 Å². The van der Waals surface area contributed by atoms with Crippen molar-refractivity contribution in [1.82, 2.24) is 9.78 Å². The minimum atomic E-state index is -4.37. The lowest BCUT2D eigenvalue weighted by Gasteiger charge is -2.13. The minimum absolute atomic E-state index is 0.0607. The lowest BCUT2D eigenvalue weighted by Crippen LogP contribution is -2.12. The molecule has 0 bridgehead atoms. The van der Waals surface area contributed by atoms with Gasteiger partial charge in [-0.1, -0.05) is 12.1 Å². The Morgan fingerprint density at radius 3 is 2.29 bits per heavy atom. The highest BCUT2D eigenvalue weighted by molar-refractivity contribution is 5.43. The van der Waals surface area contributed by atoms with Crippen LogP contribution in [0.15, 0.2) is 30.3 Å². The highest BCUT2D eigenvalue weighted by Gasteiger charge is 2.34. The molecular formula is C12H11F3N2. The number of hydrogen-bond acceptors (Lipinski definition) is 1. The molecule has 90 valence electrons. The van der Waals surface area contributed by atoms with Gasteiger partial charge in [-0.25, -0.2) is 4.68 Å². The molecule has 2 aromatic rings. The summed E-state index contributed by atoms with van der Waals surface area (Å²) in [5.41, 5.74) is 0.760. The highest BCUT2D eigenvalue weighted by atomic mass is 19.4. The van der Waals surface area contributed by atoms with Crippen molar-refractivity contribution in [3.05, 3.63) is 47.3 Å². The third-order valence-electron chi connectivity index (χ3n) is 2.45. The fraction of sp³-hybridized carbons (Fsp3) is 0.250. The quantitative estimate of drug-likeness (QED) is 0.745. The van der Waals surface area contributed by atoms with E-state index >= 15 is 0 Å². The standard InChI is InChI=1S/C12H11F3N2/c1-8-7-9(2)17(16-8)11-6-4-3-5-10(11)12(13,14)15/h3-7H,1-2H3. The molecule has 0 radical (unpaired) electrons. The molecular weight excluding hydrogens is 229 g/mol. The number of aromatic nitrogens is 2. The van der Waals surface area contributed by atoms with Crippen molar-refractivity contribution in [1.29, 1.82) is 0 Å². The molecule has 0 unspecified atom stereocenters. The fourth-order valence-electron chi connectivity index (χ4n) is 1.77. The van der Waals surface area contributed by atoms with Crippen LogP contribution in [0.2, 0.25) is 0 Å². The molecule has 0 amide bonds. The lowest BCUT2D eigenvalue weighted by atomic mass is 10.1. The Labute approximate surface area is 96.7 Å². The van der Waals surface area contributed by atoms with E-state index in [1.54, 1.807) is 26.0 Å². The number of hydrogen-bond donors (Lipinski definition) is 0. The van der Waals surface area contributed by atoms with Gasteiger partial charge in [0, 0.05) is 5.69 Å². The van der Waals surface area contributed by atoms with Gasteiger partial charge >= 0.3 is 6.18 Å². The molecule has 2 nitrogen and oxygen atoms in total. The molecule has 0 spiro atoms. The van der Waals surface area contributed by atoms with Crippen LogP contribution in [0.4, 0.5) is 13.2 Å². The van der Waals surface area contributed by atoms with E-state index in [9.17, 15) is 13.2 Å². The van der Waals surface area contributed by atoms with Crippen molar-refractivity contribution in [2.45, 2.75) is 20.0 Å². The Kier molecular flexibility index (Phi) is 2.69. The molecule has 0 saturated heterocycles. The number of aryl methyl sites for hydroxylation is 2. The van der Waals surface area contributed by atoms with Crippen molar-refractivity contribution in [3.8, 4) is 5.69 Å². The summed E-state index contributed by atoms with van der Waals surface area (Å²) in [4.78, 5) is 0. The van der Waals surface area contributed by atoms with Gasteiger partial charge in [-0.3, -0.25) is 0 Å². The van der Waals surface area contributed by atoms with Crippen LogP contribution >= 0.6 is 0 Å². The summed E-state index contributed by atoms with van der Waals surface area (Å²) in [7, 11) is 0. The van der Waals surface area contributed by atoms with E-state index in [0.29, 0.717) is 11.4 Å². The Balaban J connectivity index is 2.64. The molecule has 1 aromatic heterocycles. The van der Waals surface area contributed by atoms with Gasteiger partial charge in [0.1, 0.15) is 0 Å². The van der Waals surface area contributed by atoms with Crippen LogP contribution in [0.25, 0.3) is 5.69 Å². The minimum Gasteiger partial charge on any atom is -0.237 e. The summed E-state index contributed by atoms with van der Waals surface area (Å²) < 4.78 is 39.8. The van der Waals surface area contributed by atoms with Gasteiger partial charge in [-0.15, -0.1) is 0 Å². The van der Waals surface area contributed by atoms with Gasteiger partial charge in [-0.2, -0.15) is 18.3 Å². The average Bonchev–Trinajstić information content (AvgIpc) is 2.56. The van der Waals surface area contributed by atoms with E-state index in [1.807, 2.05) is 0 Å². The maximum atomic E-state index is 12.8. The van der Waals surface area contributed by atoms with Gasteiger partial charge in [0.25, 0.3) is 0 Å². The molecule has 1 aromatic carbocycles. The summed E-state index contributed by atoms with van der Waals surface area (Å²) in [6, 6.07) is 7.17. The van der Waals surface area contributed by atoms with Gasteiger partial charge in [-0.05, 0) is 32.0 Å². The molecule has 0 aliphatic carbocycles. The first-order valence-electron chi connectivity index (χ1n) is 5.09. The zero-order valence-electron chi connectivity index (χ0n) is 9.42. The predicted octanol–water partition coefficient (Wildman–Crippen LogP) is 3.51. The monoisotopic (exact) mass is 240 g/mol. The highest BCUT2D eigenvalue weighted by Crippen LogP contribution is 2.33. The van der Waals surface area contributed by atoms with Gasteiger partial charge in [0.15, 0.2) is 0 Å². The van der Waals surface area contributed by atoms with Crippen LogP contribution in [0.1, 0.15) is 17.0 Å². The van der Waals surface area contributed by atoms with E-state index in [-0.39, 0.29) is 5.69 Å². The van der Waals surface area contributed by atoms with Crippen molar-refractivity contribution >= 4 is 0 Å². The second-order valence-electron chi connectivity index (χ2n) is 3.85. The fourth-order valence-corrected chi connectivity index (χ4v) is 1.77. The molecule has 0 N–H and O–H groups in total. The topological polar surface area (TPSA) is 17.8 Å². The van der Waals surface area contributed by atoms with E-state index in [1.165, 1.54) is 16.8 Å². The number of rotatable bonds is 1. The summed E-state index contributed by atoms with van der Waals surface area (Å²) in [6.45, 7) is 3.48. The molecule has 17 heavy (non-hydrogen) atoms. The maximum absolute atomic E-state index is 12.8. The van der Waals surface area contributed by atoms with Crippen molar-refractivity contribution < 1.29 is 13.2 Å². The van der Waals surface area contributed by atoms with Crippen LogP contribution in [0.5, 0.6) is 0 Å². The Bertz CT molecular complexity index is 541. The average molecular weight is 240 g/mol. The molecule has 0 saturated carbocycles. The van der Waals surface area contributed by atoms with Gasteiger partial charge < -0.3 is 0 Å².